The lowest BCUT2D eigenvalue weighted by molar-refractivity contribution is 1.08. The average Bonchev–Trinajstić information content (AvgIpc) is 3.44. The van der Waals surface area contributed by atoms with E-state index < -0.39 is 0 Å². The van der Waals surface area contributed by atoms with Crippen molar-refractivity contribution in [1.29, 1.82) is 0 Å². The van der Waals surface area contributed by atoms with Crippen LogP contribution >= 0.6 is 0 Å². The molecule has 2 nitrogen and oxygen atoms in total. The van der Waals surface area contributed by atoms with Gasteiger partial charge in [0, 0.05) is 36.2 Å². The predicted molar refractivity (Wildman–Crippen MR) is 126 cm³/mol. The minimum atomic E-state index is 1.17. The zero-order chi connectivity index (χ0) is 19.9. The highest BCUT2D eigenvalue weighted by Gasteiger charge is 2.06. The minimum Gasteiger partial charge on any atom is -0.323 e. The third-order valence-electron chi connectivity index (χ3n) is 5.73. The number of benzene rings is 4. The Kier molecular flexibility index (Phi) is 3.82. The van der Waals surface area contributed by atoms with E-state index in [-0.39, 0.29) is 0 Å². The first-order valence-electron chi connectivity index (χ1n) is 10.2. The Balaban J connectivity index is 1.41. The van der Waals surface area contributed by atoms with Crippen LogP contribution in [0.2, 0.25) is 0 Å². The summed E-state index contributed by atoms with van der Waals surface area (Å²) in [6.45, 7) is 0. The summed E-state index contributed by atoms with van der Waals surface area (Å²) in [4.78, 5) is 0. The molecule has 0 aliphatic heterocycles. The summed E-state index contributed by atoms with van der Waals surface area (Å²) >= 11 is 0. The Labute approximate surface area is 175 Å². The van der Waals surface area contributed by atoms with E-state index in [4.69, 9.17) is 0 Å². The number of aromatic nitrogens is 2. The van der Waals surface area contributed by atoms with E-state index in [9.17, 15) is 0 Å². The highest BCUT2D eigenvalue weighted by Crippen LogP contribution is 2.27. The van der Waals surface area contributed by atoms with Gasteiger partial charge in [-0.2, -0.15) is 0 Å². The van der Waals surface area contributed by atoms with Gasteiger partial charge in [-0.15, -0.1) is 0 Å². The van der Waals surface area contributed by atoms with E-state index in [1.165, 1.54) is 44.0 Å². The molecule has 0 bridgehead atoms. The van der Waals surface area contributed by atoms with Gasteiger partial charge in [-0.25, -0.2) is 0 Å². The molecule has 2 aromatic heterocycles. The van der Waals surface area contributed by atoms with E-state index in [1.54, 1.807) is 0 Å². The molecule has 6 aromatic rings. The largest absolute Gasteiger partial charge is 0.323 e. The molecule has 0 aliphatic carbocycles. The molecule has 0 saturated heterocycles. The molecule has 142 valence electrons. The molecule has 30 heavy (non-hydrogen) atoms. The van der Waals surface area contributed by atoms with Gasteiger partial charge < -0.3 is 9.13 Å². The standard InChI is InChI=1S/C28H20N2/c1-2-8-24-18-29(17-23(24)7-1)27-13-5-11-21(15-27)22-12-6-14-28(16-22)30-19-25-9-3-4-10-26(25)20-30/h1-20H. The van der Waals surface area contributed by atoms with Crippen LogP contribution in [-0.4, -0.2) is 9.13 Å². The lowest BCUT2D eigenvalue weighted by Crippen LogP contribution is -1.92. The minimum absolute atomic E-state index is 1.17. The smallest absolute Gasteiger partial charge is 0.0456 e. The highest BCUT2D eigenvalue weighted by molar-refractivity contribution is 5.84. The summed E-state index contributed by atoms with van der Waals surface area (Å²) in [6, 6.07) is 34.4. The zero-order valence-electron chi connectivity index (χ0n) is 16.4. The van der Waals surface area contributed by atoms with Crippen molar-refractivity contribution < 1.29 is 0 Å². The van der Waals surface area contributed by atoms with Crippen molar-refractivity contribution in [3.8, 4) is 22.5 Å². The Hall–Kier alpha value is -4.04. The van der Waals surface area contributed by atoms with Gasteiger partial charge in [0.2, 0.25) is 0 Å². The van der Waals surface area contributed by atoms with E-state index in [0.29, 0.717) is 0 Å². The van der Waals surface area contributed by atoms with Crippen molar-refractivity contribution in [2.24, 2.45) is 0 Å². The molecule has 0 radical (unpaired) electrons. The predicted octanol–water partition coefficient (Wildman–Crippen LogP) is 7.24. The molecule has 6 rings (SSSR count). The topological polar surface area (TPSA) is 9.86 Å². The second kappa shape index (κ2) is 6.78. The van der Waals surface area contributed by atoms with Gasteiger partial charge >= 0.3 is 0 Å². The molecule has 0 fully saturated rings. The highest BCUT2D eigenvalue weighted by atomic mass is 14.9. The molecule has 0 N–H and O–H groups in total. The van der Waals surface area contributed by atoms with Gasteiger partial charge in [-0.3, -0.25) is 0 Å². The monoisotopic (exact) mass is 384 g/mol. The first-order valence-corrected chi connectivity index (χ1v) is 10.2. The molecule has 0 atom stereocenters. The summed E-state index contributed by atoms with van der Waals surface area (Å²) in [5, 5.41) is 5.02. The van der Waals surface area contributed by atoms with Crippen LogP contribution in [0.25, 0.3) is 44.0 Å². The summed E-state index contributed by atoms with van der Waals surface area (Å²) in [5.41, 5.74) is 4.76. The maximum absolute atomic E-state index is 2.25. The van der Waals surface area contributed by atoms with Crippen molar-refractivity contribution in [2.45, 2.75) is 0 Å². The Bertz CT molecular complexity index is 1320. The fourth-order valence-corrected chi connectivity index (χ4v) is 4.16. The molecule has 2 heteroatoms. The van der Waals surface area contributed by atoms with Crippen molar-refractivity contribution >= 4 is 21.5 Å². The second-order valence-electron chi connectivity index (χ2n) is 7.69. The Morgan fingerprint density at radius 2 is 0.733 bits per heavy atom. The van der Waals surface area contributed by atoms with Gasteiger partial charge in [0.05, 0.1) is 0 Å². The van der Waals surface area contributed by atoms with Crippen molar-refractivity contribution in [1.82, 2.24) is 9.13 Å². The van der Waals surface area contributed by atoms with Crippen LogP contribution in [-0.2, 0) is 0 Å². The Morgan fingerprint density at radius 3 is 1.10 bits per heavy atom. The first-order chi connectivity index (χ1) is 14.8. The van der Waals surface area contributed by atoms with Crippen LogP contribution in [0, 0.1) is 0 Å². The fraction of sp³-hybridized carbons (Fsp3) is 0. The number of nitrogens with zero attached hydrogens (tertiary/aromatic N) is 2. The van der Waals surface area contributed by atoms with E-state index in [2.05, 4.69) is 131 Å². The van der Waals surface area contributed by atoms with E-state index in [0.717, 1.165) is 0 Å². The molecule has 0 spiro atoms. The van der Waals surface area contributed by atoms with Crippen molar-refractivity contribution in [2.75, 3.05) is 0 Å². The van der Waals surface area contributed by atoms with Gasteiger partial charge in [-0.1, -0.05) is 72.8 Å². The van der Waals surface area contributed by atoms with E-state index >= 15 is 0 Å². The number of hydrogen-bond donors (Lipinski definition) is 0. The van der Waals surface area contributed by atoms with Crippen molar-refractivity contribution in [3.63, 3.8) is 0 Å². The fourth-order valence-electron chi connectivity index (χ4n) is 4.16. The zero-order valence-corrected chi connectivity index (χ0v) is 16.4. The van der Waals surface area contributed by atoms with Gasteiger partial charge in [0.25, 0.3) is 0 Å². The SMILES string of the molecule is c1cc(-c2cccc(-n3cc4ccccc4c3)c2)cc(-n2cc3ccccc3c2)c1. The van der Waals surface area contributed by atoms with Crippen LogP contribution < -0.4 is 0 Å². The molecule has 0 saturated carbocycles. The summed E-state index contributed by atoms with van der Waals surface area (Å²) in [7, 11) is 0. The van der Waals surface area contributed by atoms with Gasteiger partial charge in [0.1, 0.15) is 0 Å². The third-order valence-corrected chi connectivity index (χ3v) is 5.73. The number of hydrogen-bond acceptors (Lipinski definition) is 0. The molecule has 2 heterocycles. The van der Waals surface area contributed by atoms with Crippen LogP contribution in [0.15, 0.2) is 122 Å². The van der Waals surface area contributed by atoms with Crippen LogP contribution in [0.5, 0.6) is 0 Å². The first kappa shape index (κ1) is 16.9. The molecule has 4 aromatic carbocycles. The lowest BCUT2D eigenvalue weighted by Gasteiger charge is -2.09. The maximum Gasteiger partial charge on any atom is 0.0456 e. The van der Waals surface area contributed by atoms with Crippen LogP contribution in [0.3, 0.4) is 0 Å². The van der Waals surface area contributed by atoms with Gasteiger partial charge in [0.15, 0.2) is 0 Å². The quantitative estimate of drug-likeness (QED) is 0.304. The van der Waals surface area contributed by atoms with Gasteiger partial charge in [-0.05, 0) is 56.9 Å². The molecular formula is C28H20N2. The molecule has 0 aliphatic rings. The molecule has 0 unspecified atom stereocenters. The average molecular weight is 384 g/mol. The third kappa shape index (κ3) is 2.90. The second-order valence-corrected chi connectivity index (χ2v) is 7.69. The summed E-state index contributed by atoms with van der Waals surface area (Å²) in [6.07, 6.45) is 8.76. The molecular weight excluding hydrogens is 364 g/mol. The summed E-state index contributed by atoms with van der Waals surface area (Å²) in [5.74, 6) is 0. The lowest BCUT2D eigenvalue weighted by atomic mass is 10.0. The van der Waals surface area contributed by atoms with Crippen LogP contribution in [0.1, 0.15) is 0 Å². The Morgan fingerprint density at radius 1 is 0.367 bits per heavy atom. The summed E-state index contributed by atoms with van der Waals surface area (Å²) < 4.78 is 4.41. The molecule has 0 amide bonds. The van der Waals surface area contributed by atoms with Crippen LogP contribution in [0.4, 0.5) is 0 Å². The number of fused-ring (bicyclic) bond motifs is 2. The number of rotatable bonds is 3. The maximum atomic E-state index is 2.25. The van der Waals surface area contributed by atoms with Crippen molar-refractivity contribution in [3.05, 3.63) is 122 Å². The van der Waals surface area contributed by atoms with E-state index in [1.807, 2.05) is 0 Å². The normalized spacial score (nSPS) is 11.3.